The summed E-state index contributed by atoms with van der Waals surface area (Å²) < 4.78 is 31.2. The van der Waals surface area contributed by atoms with E-state index in [1.54, 1.807) is 18.2 Å². The quantitative estimate of drug-likeness (QED) is 0.911. The summed E-state index contributed by atoms with van der Waals surface area (Å²) in [4.78, 5) is 0.305. The van der Waals surface area contributed by atoms with Gasteiger partial charge in [0.05, 0.1) is 17.8 Å². The third-order valence-electron chi connectivity index (χ3n) is 3.36. The van der Waals surface area contributed by atoms with Crippen LogP contribution in [0.1, 0.15) is 13.3 Å². The van der Waals surface area contributed by atoms with E-state index in [9.17, 15) is 8.42 Å². The second-order valence-electron chi connectivity index (χ2n) is 4.90. The van der Waals surface area contributed by atoms with Crippen LogP contribution in [0.3, 0.4) is 0 Å². The van der Waals surface area contributed by atoms with Crippen LogP contribution in [0.25, 0.3) is 0 Å². The number of ether oxygens (including phenoxy) is 1. The molecule has 1 heterocycles. The minimum Gasteiger partial charge on any atom is -0.379 e. The molecule has 6 heteroatoms. The van der Waals surface area contributed by atoms with Gasteiger partial charge in [0.2, 0.25) is 10.0 Å². The predicted molar refractivity (Wildman–Crippen MR) is 74.8 cm³/mol. The molecule has 1 saturated heterocycles. The Morgan fingerprint density at radius 1 is 1.32 bits per heavy atom. The van der Waals surface area contributed by atoms with Crippen molar-refractivity contribution >= 4 is 15.7 Å². The van der Waals surface area contributed by atoms with Gasteiger partial charge in [-0.15, -0.1) is 0 Å². The minimum atomic E-state index is -3.44. The van der Waals surface area contributed by atoms with Crippen molar-refractivity contribution in [3.05, 3.63) is 24.3 Å². The van der Waals surface area contributed by atoms with Crippen molar-refractivity contribution in [1.29, 1.82) is 0 Å². The van der Waals surface area contributed by atoms with E-state index in [2.05, 4.69) is 5.32 Å². The number of nitrogens with one attached hydrogen (secondary N) is 1. The molecule has 1 aliphatic rings. The molecule has 0 spiro atoms. The molecule has 106 valence electrons. The summed E-state index contributed by atoms with van der Waals surface area (Å²) in [5.41, 5.74) is 0.638. The van der Waals surface area contributed by atoms with Gasteiger partial charge in [-0.25, -0.2) is 12.7 Å². The van der Waals surface area contributed by atoms with Gasteiger partial charge in [0.15, 0.2) is 0 Å². The maximum Gasteiger partial charge on any atom is 0.244 e. The number of hydrogen-bond acceptors (Lipinski definition) is 4. The third-order valence-corrected chi connectivity index (χ3v) is 5.24. The van der Waals surface area contributed by atoms with Gasteiger partial charge in [-0.2, -0.15) is 0 Å². The molecular weight excluding hydrogens is 264 g/mol. The number of para-hydroxylation sites is 1. The van der Waals surface area contributed by atoms with Crippen LogP contribution in [0.2, 0.25) is 0 Å². The van der Waals surface area contributed by atoms with Gasteiger partial charge < -0.3 is 10.1 Å². The number of anilines is 1. The molecule has 1 aromatic rings. The number of hydrogen-bond donors (Lipinski definition) is 1. The fourth-order valence-electron chi connectivity index (χ4n) is 2.13. The Hall–Kier alpha value is -1.11. The molecule has 1 aliphatic heterocycles. The SMILES string of the molecule is CC1OCCC1Nc1ccccc1S(=O)(=O)N(C)C. The number of benzene rings is 1. The van der Waals surface area contributed by atoms with Crippen LogP contribution in [0.4, 0.5) is 5.69 Å². The second kappa shape index (κ2) is 5.48. The van der Waals surface area contributed by atoms with Crippen molar-refractivity contribution in [3.8, 4) is 0 Å². The van der Waals surface area contributed by atoms with E-state index in [-0.39, 0.29) is 12.1 Å². The maximum atomic E-state index is 12.3. The number of rotatable bonds is 4. The van der Waals surface area contributed by atoms with E-state index in [0.717, 1.165) is 6.42 Å². The zero-order valence-corrected chi connectivity index (χ0v) is 12.3. The Morgan fingerprint density at radius 2 is 2.00 bits per heavy atom. The lowest BCUT2D eigenvalue weighted by atomic mass is 10.1. The molecule has 1 fully saturated rings. The van der Waals surface area contributed by atoms with Crippen molar-refractivity contribution in [1.82, 2.24) is 4.31 Å². The monoisotopic (exact) mass is 284 g/mol. The van der Waals surface area contributed by atoms with Crippen LogP contribution in [-0.4, -0.2) is 45.6 Å². The number of sulfonamides is 1. The predicted octanol–water partition coefficient (Wildman–Crippen LogP) is 1.53. The smallest absolute Gasteiger partial charge is 0.244 e. The first-order chi connectivity index (χ1) is 8.93. The maximum absolute atomic E-state index is 12.3. The lowest BCUT2D eigenvalue weighted by molar-refractivity contribution is 0.121. The largest absolute Gasteiger partial charge is 0.379 e. The summed E-state index contributed by atoms with van der Waals surface area (Å²) >= 11 is 0. The van der Waals surface area contributed by atoms with Crippen molar-refractivity contribution in [2.45, 2.75) is 30.4 Å². The molecule has 1 aromatic carbocycles. The van der Waals surface area contributed by atoms with Crippen LogP contribution in [-0.2, 0) is 14.8 Å². The average molecular weight is 284 g/mol. The van der Waals surface area contributed by atoms with Gasteiger partial charge in [-0.1, -0.05) is 12.1 Å². The Balaban J connectivity index is 2.32. The van der Waals surface area contributed by atoms with Gasteiger partial charge in [-0.3, -0.25) is 0 Å². The molecule has 0 aromatic heterocycles. The Bertz CT molecular complexity index is 543. The number of nitrogens with zero attached hydrogens (tertiary/aromatic N) is 1. The van der Waals surface area contributed by atoms with E-state index < -0.39 is 10.0 Å². The van der Waals surface area contributed by atoms with Crippen molar-refractivity contribution in [2.75, 3.05) is 26.0 Å². The fraction of sp³-hybridized carbons (Fsp3) is 0.538. The normalized spacial score (nSPS) is 23.8. The molecule has 1 N–H and O–H groups in total. The average Bonchev–Trinajstić information content (AvgIpc) is 2.75. The molecule has 0 aliphatic carbocycles. The van der Waals surface area contributed by atoms with E-state index in [0.29, 0.717) is 17.2 Å². The molecular formula is C13H20N2O3S. The second-order valence-corrected chi connectivity index (χ2v) is 7.02. The summed E-state index contributed by atoms with van der Waals surface area (Å²) in [5.74, 6) is 0. The van der Waals surface area contributed by atoms with Gasteiger partial charge in [-0.05, 0) is 25.5 Å². The first kappa shape index (κ1) is 14.3. The van der Waals surface area contributed by atoms with Crippen molar-refractivity contribution in [2.24, 2.45) is 0 Å². The molecule has 5 nitrogen and oxygen atoms in total. The molecule has 0 radical (unpaired) electrons. The molecule has 0 bridgehead atoms. The van der Waals surface area contributed by atoms with Gasteiger partial charge >= 0.3 is 0 Å². The highest BCUT2D eigenvalue weighted by atomic mass is 32.2. The summed E-state index contributed by atoms with van der Waals surface area (Å²) in [6.07, 6.45) is 0.979. The third kappa shape index (κ3) is 2.91. The highest BCUT2D eigenvalue weighted by Crippen LogP contribution is 2.26. The molecule has 19 heavy (non-hydrogen) atoms. The molecule has 0 saturated carbocycles. The van der Waals surface area contributed by atoms with E-state index in [1.807, 2.05) is 13.0 Å². The lowest BCUT2D eigenvalue weighted by Crippen LogP contribution is -2.29. The van der Waals surface area contributed by atoms with E-state index >= 15 is 0 Å². The summed E-state index contributed by atoms with van der Waals surface area (Å²) in [6.45, 7) is 2.70. The topological polar surface area (TPSA) is 58.6 Å². The van der Waals surface area contributed by atoms with E-state index in [1.165, 1.54) is 18.4 Å². The van der Waals surface area contributed by atoms with Crippen molar-refractivity contribution < 1.29 is 13.2 Å². The zero-order valence-electron chi connectivity index (χ0n) is 11.5. The highest BCUT2D eigenvalue weighted by Gasteiger charge is 2.27. The molecule has 2 unspecified atom stereocenters. The molecule has 2 atom stereocenters. The van der Waals surface area contributed by atoms with Gasteiger partial charge in [0, 0.05) is 20.7 Å². The zero-order chi connectivity index (χ0) is 14.0. The molecule has 2 rings (SSSR count). The van der Waals surface area contributed by atoms with Crippen LogP contribution < -0.4 is 5.32 Å². The van der Waals surface area contributed by atoms with Crippen molar-refractivity contribution in [3.63, 3.8) is 0 Å². The first-order valence-corrected chi connectivity index (χ1v) is 7.76. The Kier molecular flexibility index (Phi) is 4.13. The van der Waals surface area contributed by atoms with Crippen LogP contribution in [0, 0.1) is 0 Å². The highest BCUT2D eigenvalue weighted by molar-refractivity contribution is 7.89. The van der Waals surface area contributed by atoms with Gasteiger partial charge in [0.1, 0.15) is 4.90 Å². The standard InChI is InChI=1S/C13H20N2O3S/c1-10-11(8-9-18-10)14-12-6-4-5-7-13(12)19(16,17)15(2)3/h4-7,10-11,14H,8-9H2,1-3H3. The Morgan fingerprint density at radius 3 is 2.58 bits per heavy atom. The first-order valence-electron chi connectivity index (χ1n) is 6.32. The van der Waals surface area contributed by atoms with Crippen LogP contribution >= 0.6 is 0 Å². The summed E-state index contributed by atoms with van der Waals surface area (Å²) in [5, 5.41) is 3.29. The lowest BCUT2D eigenvalue weighted by Gasteiger charge is -2.21. The molecule has 0 amide bonds. The van der Waals surface area contributed by atoms with Crippen LogP contribution in [0.5, 0.6) is 0 Å². The minimum absolute atomic E-state index is 0.0927. The summed E-state index contributed by atoms with van der Waals surface area (Å²) in [6, 6.07) is 7.13. The fourth-order valence-corrected chi connectivity index (χ4v) is 3.18. The van der Waals surface area contributed by atoms with Gasteiger partial charge in [0.25, 0.3) is 0 Å². The Labute approximate surface area is 114 Å². The van der Waals surface area contributed by atoms with E-state index in [4.69, 9.17) is 4.74 Å². The van der Waals surface area contributed by atoms with Crippen LogP contribution in [0.15, 0.2) is 29.2 Å². The summed E-state index contributed by atoms with van der Waals surface area (Å²) in [7, 11) is -0.366.